The van der Waals surface area contributed by atoms with Gasteiger partial charge in [0.25, 0.3) is 0 Å². The third-order valence-corrected chi connectivity index (χ3v) is 4.11. The van der Waals surface area contributed by atoms with Crippen LogP contribution in [0.5, 0.6) is 0 Å². The van der Waals surface area contributed by atoms with Crippen molar-refractivity contribution < 1.29 is 0 Å². The van der Waals surface area contributed by atoms with Crippen molar-refractivity contribution in [2.75, 3.05) is 19.6 Å². The molecule has 1 unspecified atom stereocenters. The van der Waals surface area contributed by atoms with E-state index in [-0.39, 0.29) is 0 Å². The fourth-order valence-electron chi connectivity index (χ4n) is 2.87. The van der Waals surface area contributed by atoms with E-state index in [1.165, 1.54) is 24.9 Å². The van der Waals surface area contributed by atoms with E-state index in [2.05, 4.69) is 26.4 Å². The molecule has 0 amide bonds. The quantitative estimate of drug-likeness (QED) is 0.846. The highest BCUT2D eigenvalue weighted by Crippen LogP contribution is 2.25. The van der Waals surface area contributed by atoms with Gasteiger partial charge in [0.1, 0.15) is 0 Å². The number of piperidine rings is 1. The fraction of sp³-hybridized carbons (Fsp3) is 0.538. The van der Waals surface area contributed by atoms with Crippen LogP contribution in [-0.2, 0) is 0 Å². The first-order valence-electron chi connectivity index (χ1n) is 6.56. The summed E-state index contributed by atoms with van der Waals surface area (Å²) >= 11 is 5.47. The van der Waals surface area contributed by atoms with Gasteiger partial charge < -0.3 is 14.5 Å². The van der Waals surface area contributed by atoms with Gasteiger partial charge in [0.05, 0.1) is 17.2 Å². The SMILES string of the molecule is CCN1CCCC(n2c(=S)[nH]c3cnccc32)C1. The molecule has 1 saturated heterocycles. The zero-order chi connectivity index (χ0) is 12.5. The second kappa shape index (κ2) is 4.82. The van der Waals surface area contributed by atoms with Gasteiger partial charge in [-0.05, 0) is 44.2 Å². The summed E-state index contributed by atoms with van der Waals surface area (Å²) in [7, 11) is 0. The van der Waals surface area contributed by atoms with Crippen molar-refractivity contribution in [3.8, 4) is 0 Å². The molecular formula is C13H18N4S. The Morgan fingerprint density at radius 3 is 3.28 bits per heavy atom. The highest BCUT2D eigenvalue weighted by atomic mass is 32.1. The second-order valence-corrected chi connectivity index (χ2v) is 5.27. The average molecular weight is 262 g/mol. The Balaban J connectivity index is 2.03. The standard InChI is InChI=1S/C13H18N4S/c1-2-16-7-3-4-10(9-16)17-12-5-6-14-8-11(12)15-13(17)18/h5-6,8,10H,2-4,7,9H2,1H3,(H,15,18). The lowest BCUT2D eigenvalue weighted by atomic mass is 10.1. The first-order valence-corrected chi connectivity index (χ1v) is 6.97. The van der Waals surface area contributed by atoms with Gasteiger partial charge in [-0.15, -0.1) is 0 Å². The number of nitrogens with zero attached hydrogens (tertiary/aromatic N) is 3. The van der Waals surface area contributed by atoms with Crippen molar-refractivity contribution in [3.63, 3.8) is 0 Å². The molecule has 0 aromatic carbocycles. The minimum Gasteiger partial charge on any atom is -0.329 e. The lowest BCUT2D eigenvalue weighted by Crippen LogP contribution is -2.36. The zero-order valence-corrected chi connectivity index (χ0v) is 11.4. The van der Waals surface area contributed by atoms with E-state index >= 15 is 0 Å². The maximum atomic E-state index is 5.47. The number of nitrogens with one attached hydrogen (secondary N) is 1. The van der Waals surface area contributed by atoms with Gasteiger partial charge in [0, 0.05) is 18.8 Å². The lowest BCUT2D eigenvalue weighted by Gasteiger charge is -2.32. The molecule has 1 aliphatic rings. The Hall–Kier alpha value is -1.20. The number of hydrogen-bond donors (Lipinski definition) is 1. The van der Waals surface area contributed by atoms with Crippen molar-refractivity contribution in [1.82, 2.24) is 19.4 Å². The molecule has 2 aromatic heterocycles. The Kier molecular flexibility index (Phi) is 3.18. The summed E-state index contributed by atoms with van der Waals surface area (Å²) in [4.78, 5) is 9.89. The summed E-state index contributed by atoms with van der Waals surface area (Å²) in [6.07, 6.45) is 6.14. The van der Waals surface area contributed by atoms with Crippen LogP contribution in [0.3, 0.4) is 0 Å². The molecule has 5 heteroatoms. The van der Waals surface area contributed by atoms with Crippen LogP contribution in [0.25, 0.3) is 11.0 Å². The molecule has 1 atom stereocenters. The van der Waals surface area contributed by atoms with Crippen molar-refractivity contribution in [2.24, 2.45) is 0 Å². The predicted octanol–water partition coefficient (Wildman–Crippen LogP) is 2.75. The number of aromatic amines is 1. The zero-order valence-electron chi connectivity index (χ0n) is 10.6. The molecule has 1 N–H and O–H groups in total. The van der Waals surface area contributed by atoms with Crippen LogP contribution in [0.2, 0.25) is 0 Å². The molecular weight excluding hydrogens is 244 g/mol. The largest absolute Gasteiger partial charge is 0.329 e. The van der Waals surface area contributed by atoms with Crippen molar-refractivity contribution in [2.45, 2.75) is 25.8 Å². The first kappa shape index (κ1) is 11.9. The van der Waals surface area contributed by atoms with E-state index in [1.54, 1.807) is 0 Å². The molecule has 4 nitrogen and oxygen atoms in total. The number of hydrogen-bond acceptors (Lipinski definition) is 3. The van der Waals surface area contributed by atoms with Gasteiger partial charge in [-0.1, -0.05) is 6.92 Å². The number of imidazole rings is 1. The highest BCUT2D eigenvalue weighted by molar-refractivity contribution is 7.71. The van der Waals surface area contributed by atoms with E-state index in [9.17, 15) is 0 Å². The maximum absolute atomic E-state index is 5.47. The number of rotatable bonds is 2. The van der Waals surface area contributed by atoms with E-state index in [4.69, 9.17) is 12.2 Å². The van der Waals surface area contributed by atoms with Crippen LogP contribution in [-0.4, -0.2) is 39.1 Å². The van der Waals surface area contributed by atoms with Gasteiger partial charge >= 0.3 is 0 Å². The molecule has 0 aliphatic carbocycles. The van der Waals surface area contributed by atoms with Gasteiger partial charge in [0.2, 0.25) is 0 Å². The Morgan fingerprint density at radius 2 is 2.44 bits per heavy atom. The van der Waals surface area contributed by atoms with E-state index < -0.39 is 0 Å². The number of H-pyrrole nitrogens is 1. The molecule has 3 rings (SSSR count). The summed E-state index contributed by atoms with van der Waals surface area (Å²) in [6, 6.07) is 2.54. The molecule has 0 spiro atoms. The first-order chi connectivity index (χ1) is 8.79. The number of fused-ring (bicyclic) bond motifs is 1. The van der Waals surface area contributed by atoms with Crippen LogP contribution in [0.15, 0.2) is 18.5 Å². The summed E-state index contributed by atoms with van der Waals surface area (Å²) in [5.41, 5.74) is 2.22. The van der Waals surface area contributed by atoms with Crippen LogP contribution < -0.4 is 0 Å². The number of pyridine rings is 1. The maximum Gasteiger partial charge on any atom is 0.178 e. The van der Waals surface area contributed by atoms with Gasteiger partial charge in [-0.2, -0.15) is 0 Å². The lowest BCUT2D eigenvalue weighted by molar-refractivity contribution is 0.187. The Morgan fingerprint density at radius 1 is 1.56 bits per heavy atom. The van der Waals surface area contributed by atoms with Crippen LogP contribution in [0.4, 0.5) is 0 Å². The molecule has 3 heterocycles. The minimum absolute atomic E-state index is 0.488. The summed E-state index contributed by atoms with van der Waals surface area (Å²) in [5, 5.41) is 0. The van der Waals surface area contributed by atoms with E-state index in [0.717, 1.165) is 23.4 Å². The van der Waals surface area contributed by atoms with Crippen molar-refractivity contribution in [1.29, 1.82) is 0 Å². The summed E-state index contributed by atoms with van der Waals surface area (Å²) in [5.74, 6) is 0. The van der Waals surface area contributed by atoms with E-state index in [1.807, 2.05) is 18.5 Å². The van der Waals surface area contributed by atoms with Gasteiger partial charge in [0.15, 0.2) is 4.77 Å². The molecule has 18 heavy (non-hydrogen) atoms. The van der Waals surface area contributed by atoms with Gasteiger partial charge in [-0.25, -0.2) is 0 Å². The molecule has 1 aliphatic heterocycles. The Labute approximate surface area is 112 Å². The molecule has 2 aromatic rings. The topological polar surface area (TPSA) is 36.9 Å². The van der Waals surface area contributed by atoms with Crippen LogP contribution in [0.1, 0.15) is 25.8 Å². The molecule has 0 radical (unpaired) electrons. The third kappa shape index (κ3) is 1.97. The van der Waals surface area contributed by atoms with Crippen molar-refractivity contribution >= 4 is 23.3 Å². The monoisotopic (exact) mass is 262 g/mol. The fourth-order valence-corrected chi connectivity index (χ4v) is 3.23. The minimum atomic E-state index is 0.488. The van der Waals surface area contributed by atoms with Gasteiger partial charge in [-0.3, -0.25) is 4.98 Å². The summed E-state index contributed by atoms with van der Waals surface area (Å²) in [6.45, 7) is 5.65. The highest BCUT2D eigenvalue weighted by Gasteiger charge is 2.22. The predicted molar refractivity (Wildman–Crippen MR) is 75.3 cm³/mol. The van der Waals surface area contributed by atoms with Crippen LogP contribution in [0, 0.1) is 4.77 Å². The molecule has 0 bridgehead atoms. The second-order valence-electron chi connectivity index (χ2n) is 4.88. The smallest absolute Gasteiger partial charge is 0.178 e. The normalized spacial score (nSPS) is 21.5. The molecule has 0 saturated carbocycles. The number of aromatic nitrogens is 3. The molecule has 1 fully saturated rings. The summed E-state index contributed by atoms with van der Waals surface area (Å²) < 4.78 is 3.09. The van der Waals surface area contributed by atoms with E-state index in [0.29, 0.717) is 6.04 Å². The van der Waals surface area contributed by atoms with Crippen molar-refractivity contribution in [3.05, 3.63) is 23.2 Å². The van der Waals surface area contributed by atoms with Crippen LogP contribution >= 0.6 is 12.2 Å². The Bertz CT molecular complexity index is 600. The third-order valence-electron chi connectivity index (χ3n) is 3.81. The number of likely N-dealkylation sites (N-methyl/N-ethyl adjacent to an activating group) is 1. The average Bonchev–Trinajstić information content (AvgIpc) is 2.74. The molecule has 96 valence electrons. The number of likely N-dealkylation sites (tertiary alicyclic amines) is 1.